The maximum Gasteiger partial charge on any atom is 0.304 e. The molecule has 0 aromatic heterocycles. The molecular weight excluding hydrogens is 222 g/mol. The molecule has 0 fully saturated rings. The topological polar surface area (TPSA) is 86.6 Å². The Hall–Kier alpha value is -2.04. The molecule has 1 rings (SSSR count). The van der Waals surface area contributed by atoms with Crippen LogP contribution in [0.25, 0.3) is 0 Å². The lowest BCUT2D eigenvalue weighted by atomic mass is 9.95. The maximum absolute atomic E-state index is 11.5. The predicted octanol–water partition coefficient (Wildman–Crippen LogP) is 0.772. The van der Waals surface area contributed by atoms with Gasteiger partial charge in [-0.05, 0) is 24.1 Å². The number of hydrogen-bond acceptors (Lipinski definition) is 3. The second-order valence-corrected chi connectivity index (χ2v) is 3.78. The molecule has 1 amide bonds. The fourth-order valence-electron chi connectivity index (χ4n) is 1.59. The third-order valence-corrected chi connectivity index (χ3v) is 2.46. The van der Waals surface area contributed by atoms with Gasteiger partial charge in [-0.2, -0.15) is 0 Å². The molecule has 1 atom stereocenters. The molecule has 92 valence electrons. The van der Waals surface area contributed by atoms with Crippen LogP contribution in [0.4, 0.5) is 0 Å². The third kappa shape index (κ3) is 4.14. The Morgan fingerprint density at radius 2 is 1.88 bits per heavy atom. The van der Waals surface area contributed by atoms with E-state index in [0.717, 1.165) is 5.56 Å². The fraction of sp³-hybridized carbons (Fsp3) is 0.333. The monoisotopic (exact) mass is 237 g/mol. The van der Waals surface area contributed by atoms with Gasteiger partial charge in [-0.3, -0.25) is 9.59 Å². The molecule has 5 heteroatoms. The van der Waals surface area contributed by atoms with Crippen LogP contribution in [0.1, 0.15) is 12.0 Å². The maximum atomic E-state index is 11.5. The van der Waals surface area contributed by atoms with E-state index < -0.39 is 11.9 Å². The Morgan fingerprint density at radius 3 is 2.35 bits per heavy atom. The molecule has 0 heterocycles. The molecule has 0 aliphatic heterocycles. The van der Waals surface area contributed by atoms with Crippen molar-refractivity contribution in [1.29, 1.82) is 0 Å². The van der Waals surface area contributed by atoms with Crippen molar-refractivity contribution in [3.05, 3.63) is 29.8 Å². The summed E-state index contributed by atoms with van der Waals surface area (Å²) in [5, 5.41) is 20.3. The number of rotatable bonds is 5. The Labute approximate surface area is 99.1 Å². The third-order valence-electron chi connectivity index (χ3n) is 2.46. The summed E-state index contributed by atoms with van der Waals surface area (Å²) in [7, 11) is 1.48. The summed E-state index contributed by atoms with van der Waals surface area (Å²) < 4.78 is 0. The van der Waals surface area contributed by atoms with E-state index in [2.05, 4.69) is 5.32 Å². The van der Waals surface area contributed by atoms with Crippen molar-refractivity contribution in [2.45, 2.75) is 12.8 Å². The van der Waals surface area contributed by atoms with Gasteiger partial charge in [-0.15, -0.1) is 0 Å². The minimum Gasteiger partial charge on any atom is -0.508 e. The molecule has 0 bridgehead atoms. The number of carbonyl (C=O) groups excluding carboxylic acids is 1. The molecule has 1 aromatic carbocycles. The van der Waals surface area contributed by atoms with Gasteiger partial charge in [0.25, 0.3) is 0 Å². The average molecular weight is 237 g/mol. The van der Waals surface area contributed by atoms with Crippen LogP contribution >= 0.6 is 0 Å². The number of hydrogen-bond donors (Lipinski definition) is 3. The van der Waals surface area contributed by atoms with Crippen molar-refractivity contribution in [2.75, 3.05) is 7.05 Å². The highest BCUT2D eigenvalue weighted by molar-refractivity contribution is 5.83. The average Bonchev–Trinajstić information content (AvgIpc) is 2.29. The van der Waals surface area contributed by atoms with Crippen LogP contribution in [-0.2, 0) is 16.0 Å². The molecule has 0 aliphatic rings. The predicted molar refractivity (Wildman–Crippen MR) is 61.6 cm³/mol. The van der Waals surface area contributed by atoms with Crippen LogP contribution in [0.15, 0.2) is 24.3 Å². The summed E-state index contributed by atoms with van der Waals surface area (Å²) in [5.41, 5.74) is 0.817. The number of amides is 1. The van der Waals surface area contributed by atoms with Crippen molar-refractivity contribution in [3.8, 4) is 5.75 Å². The number of carboxylic acids is 1. The van der Waals surface area contributed by atoms with Gasteiger partial charge >= 0.3 is 5.97 Å². The molecular formula is C12H15NO4. The van der Waals surface area contributed by atoms with Gasteiger partial charge in [0.2, 0.25) is 5.91 Å². The molecule has 0 aliphatic carbocycles. The van der Waals surface area contributed by atoms with Crippen molar-refractivity contribution in [3.63, 3.8) is 0 Å². The van der Waals surface area contributed by atoms with Crippen LogP contribution in [0.3, 0.4) is 0 Å². The van der Waals surface area contributed by atoms with Crippen molar-refractivity contribution < 1.29 is 19.8 Å². The highest BCUT2D eigenvalue weighted by atomic mass is 16.4. The van der Waals surface area contributed by atoms with Crippen LogP contribution in [0.5, 0.6) is 5.75 Å². The van der Waals surface area contributed by atoms with Gasteiger partial charge in [0, 0.05) is 7.05 Å². The Morgan fingerprint density at radius 1 is 1.29 bits per heavy atom. The molecule has 3 N–H and O–H groups in total. The second kappa shape index (κ2) is 5.89. The minimum atomic E-state index is -1.00. The molecule has 1 unspecified atom stereocenters. The largest absolute Gasteiger partial charge is 0.508 e. The first-order valence-corrected chi connectivity index (χ1v) is 5.24. The van der Waals surface area contributed by atoms with Gasteiger partial charge < -0.3 is 15.5 Å². The van der Waals surface area contributed by atoms with Gasteiger partial charge in [0.1, 0.15) is 5.75 Å². The van der Waals surface area contributed by atoms with Gasteiger partial charge in [-0.25, -0.2) is 0 Å². The minimum absolute atomic E-state index is 0.142. The van der Waals surface area contributed by atoms with Crippen LogP contribution in [0.2, 0.25) is 0 Å². The lowest BCUT2D eigenvalue weighted by Gasteiger charge is -2.13. The SMILES string of the molecule is CNC(=O)C(CC(=O)O)Cc1ccc(O)cc1. The van der Waals surface area contributed by atoms with Gasteiger partial charge in [0.15, 0.2) is 0 Å². The number of nitrogens with one attached hydrogen (secondary N) is 1. The van der Waals surface area contributed by atoms with Crippen LogP contribution in [-0.4, -0.2) is 29.1 Å². The van der Waals surface area contributed by atoms with Crippen LogP contribution < -0.4 is 5.32 Å². The van der Waals surface area contributed by atoms with Crippen molar-refractivity contribution in [2.24, 2.45) is 5.92 Å². The van der Waals surface area contributed by atoms with Crippen molar-refractivity contribution >= 4 is 11.9 Å². The lowest BCUT2D eigenvalue weighted by Crippen LogP contribution is -2.30. The van der Waals surface area contributed by atoms with Crippen LogP contribution in [0, 0.1) is 5.92 Å². The Balaban J connectivity index is 2.75. The molecule has 0 saturated carbocycles. The number of phenols is 1. The van der Waals surface area contributed by atoms with Gasteiger partial charge in [-0.1, -0.05) is 12.1 Å². The molecule has 0 spiro atoms. The van der Waals surface area contributed by atoms with E-state index in [1.165, 1.54) is 19.2 Å². The number of carboxylic acid groups (broad SMARTS) is 1. The summed E-state index contributed by atoms with van der Waals surface area (Å²) in [4.78, 5) is 22.1. The normalized spacial score (nSPS) is 11.8. The highest BCUT2D eigenvalue weighted by Gasteiger charge is 2.20. The van der Waals surface area contributed by atoms with E-state index in [1.54, 1.807) is 12.1 Å². The number of aliphatic carboxylic acids is 1. The number of phenolic OH excluding ortho intramolecular Hbond substituents is 1. The first-order chi connectivity index (χ1) is 8.02. The number of carbonyl (C=O) groups is 2. The number of aromatic hydroxyl groups is 1. The van der Waals surface area contributed by atoms with E-state index in [4.69, 9.17) is 10.2 Å². The van der Waals surface area contributed by atoms with Gasteiger partial charge in [0.05, 0.1) is 12.3 Å². The molecule has 17 heavy (non-hydrogen) atoms. The zero-order valence-electron chi connectivity index (χ0n) is 9.51. The summed E-state index contributed by atoms with van der Waals surface area (Å²) >= 11 is 0. The van der Waals surface area contributed by atoms with E-state index in [1.807, 2.05) is 0 Å². The smallest absolute Gasteiger partial charge is 0.304 e. The summed E-state index contributed by atoms with van der Waals surface area (Å²) in [5.74, 6) is -1.75. The zero-order chi connectivity index (χ0) is 12.8. The first-order valence-electron chi connectivity index (χ1n) is 5.24. The van der Waals surface area contributed by atoms with E-state index in [0.29, 0.717) is 6.42 Å². The summed E-state index contributed by atoms with van der Waals surface area (Å²) in [6, 6.07) is 6.37. The van der Waals surface area contributed by atoms with E-state index >= 15 is 0 Å². The standard InChI is InChI=1S/C12H15NO4/c1-13-12(17)9(7-11(15)16)6-8-2-4-10(14)5-3-8/h2-5,9,14H,6-7H2,1H3,(H,13,17)(H,15,16). The van der Waals surface area contributed by atoms with E-state index in [-0.39, 0.29) is 18.1 Å². The Bertz CT molecular complexity index is 399. The quantitative estimate of drug-likeness (QED) is 0.706. The molecule has 0 radical (unpaired) electrons. The second-order valence-electron chi connectivity index (χ2n) is 3.78. The molecule has 1 aromatic rings. The summed E-state index contributed by atoms with van der Waals surface area (Å²) in [6.45, 7) is 0. The lowest BCUT2D eigenvalue weighted by molar-refractivity contribution is -0.141. The van der Waals surface area contributed by atoms with E-state index in [9.17, 15) is 9.59 Å². The number of benzene rings is 1. The Kier molecular flexibility index (Phi) is 4.51. The summed E-state index contributed by atoms with van der Waals surface area (Å²) in [6.07, 6.45) is 0.132. The fourth-order valence-corrected chi connectivity index (χ4v) is 1.59. The van der Waals surface area contributed by atoms with Crippen molar-refractivity contribution in [1.82, 2.24) is 5.32 Å². The first kappa shape index (κ1) is 13.0. The highest BCUT2D eigenvalue weighted by Crippen LogP contribution is 2.16. The molecule has 5 nitrogen and oxygen atoms in total. The zero-order valence-corrected chi connectivity index (χ0v) is 9.51. The molecule has 0 saturated heterocycles.